The van der Waals surface area contributed by atoms with E-state index in [-0.39, 0.29) is 24.0 Å². The highest BCUT2D eigenvalue weighted by atomic mass is 32.1. The van der Waals surface area contributed by atoms with Gasteiger partial charge in [-0.3, -0.25) is 19.7 Å². The number of esters is 2. The molecule has 0 aromatic heterocycles. The van der Waals surface area contributed by atoms with Gasteiger partial charge < -0.3 is 19.7 Å². The molecule has 10 heteroatoms. The Hall–Kier alpha value is -2.49. The Morgan fingerprint density at radius 2 is 1.63 bits per heavy atom. The van der Waals surface area contributed by atoms with E-state index in [1.807, 2.05) is 0 Å². The Balaban J connectivity index is 2.34. The Kier molecular flexibility index (Phi) is 16.4. The number of nitrogens with one attached hydrogen (secondary N) is 2. The summed E-state index contributed by atoms with van der Waals surface area (Å²) in [5.74, 6) is -2.11. The van der Waals surface area contributed by atoms with Crippen LogP contribution in [-0.2, 0) is 28.7 Å². The standard InChI is InChI=1S/C25H41N3O6S/c1-3-5-6-7-8-9-10-11-12-13-18-34-23(31)19-20-24(32)26-16-17-28(20)25(35)27-21(29)14-15-22(30)33-4-2/h14-15,20H,3-13,16-19H2,1-2H3,(H,26,32)(H,27,29,35)/b15-14+. The Labute approximate surface area is 214 Å². The van der Waals surface area contributed by atoms with Gasteiger partial charge in [0.25, 0.3) is 0 Å². The van der Waals surface area contributed by atoms with Gasteiger partial charge in [-0.1, -0.05) is 64.7 Å². The Bertz CT molecular complexity index is 728. The second-order valence-corrected chi connectivity index (χ2v) is 8.87. The number of piperazine rings is 1. The molecule has 0 radical (unpaired) electrons. The minimum atomic E-state index is -0.870. The minimum absolute atomic E-state index is 0.00542. The zero-order valence-electron chi connectivity index (χ0n) is 21.1. The van der Waals surface area contributed by atoms with Crippen molar-refractivity contribution in [1.82, 2.24) is 15.5 Å². The van der Waals surface area contributed by atoms with Gasteiger partial charge in [0.1, 0.15) is 6.04 Å². The highest BCUT2D eigenvalue weighted by Gasteiger charge is 2.34. The molecule has 1 saturated heterocycles. The van der Waals surface area contributed by atoms with Crippen LogP contribution >= 0.6 is 12.2 Å². The maximum atomic E-state index is 12.4. The van der Waals surface area contributed by atoms with Crippen LogP contribution in [0.15, 0.2) is 12.2 Å². The maximum absolute atomic E-state index is 12.4. The van der Waals surface area contributed by atoms with Gasteiger partial charge in [0.2, 0.25) is 11.8 Å². The topological polar surface area (TPSA) is 114 Å². The molecule has 0 aromatic carbocycles. The van der Waals surface area contributed by atoms with E-state index in [9.17, 15) is 19.2 Å². The van der Waals surface area contributed by atoms with Crippen molar-refractivity contribution < 1.29 is 28.7 Å². The average molecular weight is 512 g/mol. The molecule has 0 aromatic rings. The first-order valence-corrected chi connectivity index (χ1v) is 13.2. The number of hydrogen-bond acceptors (Lipinski definition) is 7. The largest absolute Gasteiger partial charge is 0.466 e. The number of unbranched alkanes of at least 4 members (excludes halogenated alkanes) is 9. The molecule has 0 bridgehead atoms. The summed E-state index contributed by atoms with van der Waals surface area (Å²) in [6.45, 7) is 5.06. The lowest BCUT2D eigenvalue weighted by Gasteiger charge is -2.36. The lowest BCUT2D eigenvalue weighted by molar-refractivity contribution is -0.147. The number of hydrogen-bond donors (Lipinski definition) is 2. The van der Waals surface area contributed by atoms with Crippen molar-refractivity contribution in [3.8, 4) is 0 Å². The molecule has 1 aliphatic heterocycles. The summed E-state index contributed by atoms with van der Waals surface area (Å²) in [6, 6.07) is -0.870. The maximum Gasteiger partial charge on any atom is 0.330 e. The number of carbonyl (C=O) groups is 4. The van der Waals surface area contributed by atoms with Crippen LogP contribution < -0.4 is 10.6 Å². The molecule has 0 saturated carbocycles. The summed E-state index contributed by atoms with van der Waals surface area (Å²) >= 11 is 5.26. The quantitative estimate of drug-likeness (QED) is 0.141. The van der Waals surface area contributed by atoms with Crippen LogP contribution in [0.4, 0.5) is 0 Å². The van der Waals surface area contributed by atoms with E-state index in [1.165, 1.54) is 49.8 Å². The lowest BCUT2D eigenvalue weighted by atomic mass is 10.1. The molecule has 9 nitrogen and oxygen atoms in total. The van der Waals surface area contributed by atoms with Gasteiger partial charge in [0, 0.05) is 25.2 Å². The summed E-state index contributed by atoms with van der Waals surface area (Å²) < 4.78 is 10.0. The highest BCUT2D eigenvalue weighted by molar-refractivity contribution is 7.80. The second-order valence-electron chi connectivity index (χ2n) is 8.49. The van der Waals surface area contributed by atoms with E-state index in [1.54, 1.807) is 6.92 Å². The molecule has 2 amide bonds. The Morgan fingerprint density at radius 1 is 1.00 bits per heavy atom. The molecule has 1 fully saturated rings. The first kappa shape index (κ1) is 30.5. The van der Waals surface area contributed by atoms with E-state index in [2.05, 4.69) is 17.6 Å². The number of thiocarbonyl (C=S) groups is 1. The normalized spacial score (nSPS) is 15.5. The van der Waals surface area contributed by atoms with Crippen LogP contribution in [0.1, 0.15) is 84.5 Å². The van der Waals surface area contributed by atoms with Crippen molar-refractivity contribution in [2.45, 2.75) is 90.5 Å². The van der Waals surface area contributed by atoms with Crippen molar-refractivity contribution in [2.75, 3.05) is 26.3 Å². The number of carbonyl (C=O) groups excluding carboxylic acids is 4. The summed E-state index contributed by atoms with van der Waals surface area (Å²) in [5, 5.41) is 5.16. The monoisotopic (exact) mass is 511 g/mol. The van der Waals surface area contributed by atoms with Crippen molar-refractivity contribution in [3.05, 3.63) is 12.2 Å². The molecule has 1 aliphatic rings. The summed E-state index contributed by atoms with van der Waals surface area (Å²) in [6.07, 6.45) is 13.7. The zero-order valence-corrected chi connectivity index (χ0v) is 22.0. The van der Waals surface area contributed by atoms with Crippen LogP contribution in [0.2, 0.25) is 0 Å². The molecule has 1 atom stereocenters. The third-order valence-electron chi connectivity index (χ3n) is 5.60. The third-order valence-corrected chi connectivity index (χ3v) is 5.94. The fourth-order valence-corrected chi connectivity index (χ4v) is 4.03. The molecule has 0 aliphatic carbocycles. The summed E-state index contributed by atoms with van der Waals surface area (Å²) in [5.41, 5.74) is 0. The van der Waals surface area contributed by atoms with Crippen LogP contribution in [0, 0.1) is 0 Å². The van der Waals surface area contributed by atoms with Crippen LogP contribution in [0.3, 0.4) is 0 Å². The number of ether oxygens (including phenoxy) is 2. The molecule has 198 valence electrons. The van der Waals surface area contributed by atoms with Crippen molar-refractivity contribution in [1.29, 1.82) is 0 Å². The third kappa shape index (κ3) is 13.9. The van der Waals surface area contributed by atoms with E-state index < -0.39 is 23.9 Å². The first-order valence-electron chi connectivity index (χ1n) is 12.8. The highest BCUT2D eigenvalue weighted by Crippen LogP contribution is 2.12. The SMILES string of the molecule is CCCCCCCCCCCCOC(=O)CC1C(=O)NCCN1C(=S)NC(=O)/C=C/C(=O)OCC. The van der Waals surface area contributed by atoms with Crippen molar-refractivity contribution in [2.24, 2.45) is 0 Å². The molecule has 0 spiro atoms. The fraction of sp³-hybridized carbons (Fsp3) is 0.720. The van der Waals surface area contributed by atoms with Gasteiger partial charge >= 0.3 is 11.9 Å². The van der Waals surface area contributed by atoms with Gasteiger partial charge in [-0.2, -0.15) is 0 Å². The summed E-state index contributed by atoms with van der Waals surface area (Å²) in [4.78, 5) is 49.5. The van der Waals surface area contributed by atoms with Crippen LogP contribution in [-0.4, -0.2) is 66.1 Å². The predicted molar refractivity (Wildman–Crippen MR) is 137 cm³/mol. The summed E-state index contributed by atoms with van der Waals surface area (Å²) in [7, 11) is 0. The van der Waals surface area contributed by atoms with Crippen LogP contribution in [0.5, 0.6) is 0 Å². The molecule has 35 heavy (non-hydrogen) atoms. The Morgan fingerprint density at radius 3 is 2.26 bits per heavy atom. The van der Waals surface area contributed by atoms with E-state index in [0.717, 1.165) is 31.4 Å². The van der Waals surface area contributed by atoms with E-state index in [0.29, 0.717) is 19.7 Å². The molecule has 1 rings (SSSR count). The predicted octanol–water partition coefficient (Wildman–Crippen LogP) is 3.16. The van der Waals surface area contributed by atoms with Gasteiger partial charge in [-0.25, -0.2) is 4.79 Å². The number of rotatable bonds is 16. The zero-order chi connectivity index (χ0) is 25.9. The molecular formula is C25H41N3O6S. The van der Waals surface area contributed by atoms with E-state index >= 15 is 0 Å². The van der Waals surface area contributed by atoms with Gasteiger partial charge in [0.05, 0.1) is 19.6 Å². The van der Waals surface area contributed by atoms with Gasteiger partial charge in [-0.15, -0.1) is 0 Å². The second kappa shape index (κ2) is 18.8. The lowest BCUT2D eigenvalue weighted by Crippen LogP contribution is -2.60. The number of amides is 2. The fourth-order valence-electron chi connectivity index (χ4n) is 3.71. The van der Waals surface area contributed by atoms with Crippen LogP contribution in [0.25, 0.3) is 0 Å². The van der Waals surface area contributed by atoms with Crippen molar-refractivity contribution >= 4 is 41.1 Å². The van der Waals surface area contributed by atoms with Gasteiger partial charge in [-0.05, 0) is 25.6 Å². The molecule has 2 N–H and O–H groups in total. The first-order chi connectivity index (χ1) is 16.9. The average Bonchev–Trinajstić information content (AvgIpc) is 2.82. The molecule has 1 unspecified atom stereocenters. The molecule has 1 heterocycles. The molecular weight excluding hydrogens is 470 g/mol. The minimum Gasteiger partial charge on any atom is -0.466 e. The van der Waals surface area contributed by atoms with E-state index in [4.69, 9.17) is 21.7 Å². The smallest absolute Gasteiger partial charge is 0.330 e. The number of nitrogens with zero attached hydrogens (tertiary/aromatic N) is 1. The van der Waals surface area contributed by atoms with Crippen molar-refractivity contribution in [3.63, 3.8) is 0 Å². The van der Waals surface area contributed by atoms with Gasteiger partial charge in [0.15, 0.2) is 5.11 Å².